The summed E-state index contributed by atoms with van der Waals surface area (Å²) < 4.78 is 5.28. The normalized spacial score (nSPS) is 29.2. The second-order valence-corrected chi connectivity index (χ2v) is 5.66. The van der Waals surface area contributed by atoms with Crippen molar-refractivity contribution >= 4 is 12.1 Å². The summed E-state index contributed by atoms with van der Waals surface area (Å²) in [4.78, 5) is 24.5. The Kier molecular flexibility index (Phi) is 3.69. The molecule has 5 heteroatoms. The lowest BCUT2D eigenvalue weighted by molar-refractivity contribution is -0.142. The van der Waals surface area contributed by atoms with E-state index in [4.69, 9.17) is 9.84 Å². The van der Waals surface area contributed by atoms with Crippen LogP contribution >= 0.6 is 0 Å². The van der Waals surface area contributed by atoms with Gasteiger partial charge in [-0.1, -0.05) is 0 Å². The first-order valence-electron chi connectivity index (χ1n) is 5.87. The fourth-order valence-corrected chi connectivity index (χ4v) is 2.24. The van der Waals surface area contributed by atoms with Crippen LogP contribution in [-0.4, -0.2) is 39.8 Å². The van der Waals surface area contributed by atoms with E-state index in [0.29, 0.717) is 6.42 Å². The molecular weight excluding hydrogens is 222 g/mol. The molecule has 17 heavy (non-hydrogen) atoms. The maximum atomic E-state index is 12.0. The average molecular weight is 243 g/mol. The predicted octanol–water partition coefficient (Wildman–Crippen LogP) is 2.10. The van der Waals surface area contributed by atoms with Crippen LogP contribution in [0.25, 0.3) is 0 Å². The van der Waals surface area contributed by atoms with Gasteiger partial charge < -0.3 is 14.7 Å². The summed E-state index contributed by atoms with van der Waals surface area (Å²) in [5.41, 5.74) is -0.558. The third kappa shape index (κ3) is 3.11. The Balaban J connectivity index is 2.78. The number of likely N-dealkylation sites (tertiary alicyclic amines) is 1. The van der Waals surface area contributed by atoms with E-state index >= 15 is 0 Å². The number of carbonyl (C=O) groups is 2. The summed E-state index contributed by atoms with van der Waals surface area (Å²) in [6.45, 7) is 9.00. The van der Waals surface area contributed by atoms with Gasteiger partial charge in [-0.3, -0.25) is 4.79 Å². The fraction of sp³-hybridized carbons (Fsp3) is 0.833. The molecule has 0 aromatic carbocycles. The van der Waals surface area contributed by atoms with Gasteiger partial charge in [-0.15, -0.1) is 0 Å². The van der Waals surface area contributed by atoms with Crippen molar-refractivity contribution in [2.75, 3.05) is 0 Å². The van der Waals surface area contributed by atoms with Crippen molar-refractivity contribution in [3.8, 4) is 0 Å². The van der Waals surface area contributed by atoms with E-state index in [1.165, 1.54) is 4.90 Å². The van der Waals surface area contributed by atoms with E-state index < -0.39 is 23.6 Å². The Hall–Kier alpha value is -1.26. The van der Waals surface area contributed by atoms with Gasteiger partial charge in [0.15, 0.2) is 0 Å². The molecule has 1 fully saturated rings. The van der Waals surface area contributed by atoms with E-state index in [9.17, 15) is 9.59 Å². The van der Waals surface area contributed by atoms with Crippen LogP contribution in [0.5, 0.6) is 0 Å². The number of hydrogen-bond donors (Lipinski definition) is 1. The first-order valence-corrected chi connectivity index (χ1v) is 5.87. The quantitative estimate of drug-likeness (QED) is 0.766. The number of ether oxygens (including phenoxy) is 1. The maximum Gasteiger partial charge on any atom is 0.410 e. The van der Waals surface area contributed by atoms with E-state index in [-0.39, 0.29) is 12.1 Å². The minimum atomic E-state index is -0.851. The number of hydrogen-bond acceptors (Lipinski definition) is 3. The minimum absolute atomic E-state index is 0.0963. The van der Waals surface area contributed by atoms with Crippen molar-refractivity contribution in [2.24, 2.45) is 5.92 Å². The zero-order chi connectivity index (χ0) is 13.4. The highest BCUT2D eigenvalue weighted by molar-refractivity contribution is 5.75. The number of rotatable bonds is 1. The summed E-state index contributed by atoms with van der Waals surface area (Å²) in [6.07, 6.45) is 0.0525. The van der Waals surface area contributed by atoms with Crippen LogP contribution in [-0.2, 0) is 9.53 Å². The van der Waals surface area contributed by atoms with Gasteiger partial charge in [0.05, 0.1) is 5.92 Å². The minimum Gasteiger partial charge on any atom is -0.481 e. The zero-order valence-corrected chi connectivity index (χ0v) is 11.1. The Morgan fingerprint density at radius 1 is 1.29 bits per heavy atom. The lowest BCUT2D eigenvalue weighted by atomic mass is 10.0. The van der Waals surface area contributed by atoms with Crippen LogP contribution in [0.4, 0.5) is 4.79 Å². The molecule has 1 saturated heterocycles. The first-order chi connectivity index (χ1) is 7.63. The number of carboxylic acid groups (broad SMARTS) is 1. The topological polar surface area (TPSA) is 66.8 Å². The molecule has 1 rings (SSSR count). The molecule has 0 saturated carbocycles. The lowest BCUT2D eigenvalue weighted by Gasteiger charge is -2.30. The number of nitrogens with zero attached hydrogens (tertiary/aromatic N) is 1. The molecule has 1 amide bonds. The van der Waals surface area contributed by atoms with Gasteiger partial charge in [0.1, 0.15) is 5.60 Å². The molecule has 0 unspecified atom stereocenters. The fourth-order valence-electron chi connectivity index (χ4n) is 2.24. The molecule has 0 bridgehead atoms. The van der Waals surface area contributed by atoms with E-state index in [0.717, 1.165) is 0 Å². The van der Waals surface area contributed by atoms with Gasteiger partial charge in [0, 0.05) is 12.1 Å². The van der Waals surface area contributed by atoms with E-state index in [1.54, 1.807) is 27.7 Å². The maximum absolute atomic E-state index is 12.0. The van der Waals surface area contributed by atoms with Crippen LogP contribution < -0.4 is 0 Å². The SMILES string of the molecule is C[C@H]1C[C@H](C(=O)O)[C@H](C)N1C(=O)OC(C)(C)C. The van der Waals surface area contributed by atoms with Crippen molar-refractivity contribution in [1.82, 2.24) is 4.90 Å². The molecule has 1 heterocycles. The molecule has 5 nitrogen and oxygen atoms in total. The third-order valence-corrected chi connectivity index (χ3v) is 3.01. The standard InChI is InChI=1S/C12H21NO4/c1-7-6-9(10(14)15)8(2)13(7)11(16)17-12(3,4)5/h7-9H,6H2,1-5H3,(H,14,15)/t7-,8-,9-/m0/s1. The highest BCUT2D eigenvalue weighted by Gasteiger charge is 2.44. The molecule has 98 valence electrons. The zero-order valence-electron chi connectivity index (χ0n) is 11.1. The van der Waals surface area contributed by atoms with E-state index in [2.05, 4.69) is 0 Å². The van der Waals surface area contributed by atoms with Crippen molar-refractivity contribution in [3.05, 3.63) is 0 Å². The van der Waals surface area contributed by atoms with Crippen LogP contribution in [0.2, 0.25) is 0 Å². The highest BCUT2D eigenvalue weighted by Crippen LogP contribution is 2.31. The van der Waals surface area contributed by atoms with Crippen molar-refractivity contribution < 1.29 is 19.4 Å². The largest absolute Gasteiger partial charge is 0.481 e. The van der Waals surface area contributed by atoms with Crippen molar-refractivity contribution in [3.63, 3.8) is 0 Å². The Labute approximate surface area is 102 Å². The average Bonchev–Trinajstić information content (AvgIpc) is 2.38. The van der Waals surface area contributed by atoms with Gasteiger partial charge in [0.25, 0.3) is 0 Å². The lowest BCUT2D eigenvalue weighted by Crippen LogP contribution is -2.43. The predicted molar refractivity (Wildman–Crippen MR) is 62.7 cm³/mol. The second-order valence-electron chi connectivity index (χ2n) is 5.66. The van der Waals surface area contributed by atoms with Gasteiger partial charge >= 0.3 is 12.1 Å². The molecular formula is C12H21NO4. The number of amides is 1. The number of aliphatic carboxylic acids is 1. The van der Waals surface area contributed by atoms with Gasteiger partial charge in [-0.2, -0.15) is 0 Å². The van der Waals surface area contributed by atoms with E-state index in [1.807, 2.05) is 6.92 Å². The Morgan fingerprint density at radius 2 is 1.82 bits per heavy atom. The Bertz CT molecular complexity index is 321. The molecule has 0 aromatic rings. The molecule has 1 N–H and O–H groups in total. The van der Waals surface area contributed by atoms with Crippen molar-refractivity contribution in [2.45, 2.75) is 58.7 Å². The van der Waals surface area contributed by atoms with Crippen LogP contribution in [0.1, 0.15) is 41.0 Å². The molecule has 3 atom stereocenters. The smallest absolute Gasteiger partial charge is 0.410 e. The summed E-state index contributed by atoms with van der Waals surface area (Å²) >= 11 is 0. The molecule has 0 radical (unpaired) electrons. The highest BCUT2D eigenvalue weighted by atomic mass is 16.6. The molecule has 0 spiro atoms. The number of carbonyl (C=O) groups excluding carboxylic acids is 1. The van der Waals surface area contributed by atoms with Crippen LogP contribution in [0.15, 0.2) is 0 Å². The van der Waals surface area contributed by atoms with Crippen LogP contribution in [0.3, 0.4) is 0 Å². The number of carboxylic acids is 1. The summed E-state index contributed by atoms with van der Waals surface area (Å²) in [5.74, 6) is -1.35. The monoisotopic (exact) mass is 243 g/mol. The molecule has 1 aliphatic rings. The molecule has 1 aliphatic heterocycles. The second kappa shape index (κ2) is 4.55. The van der Waals surface area contributed by atoms with Crippen molar-refractivity contribution in [1.29, 1.82) is 0 Å². The summed E-state index contributed by atoms with van der Waals surface area (Å²) in [7, 11) is 0. The summed E-state index contributed by atoms with van der Waals surface area (Å²) in [5, 5.41) is 9.05. The molecule has 0 aliphatic carbocycles. The first kappa shape index (κ1) is 13.8. The third-order valence-electron chi connectivity index (χ3n) is 3.01. The van der Waals surface area contributed by atoms with Gasteiger partial charge in [-0.05, 0) is 41.0 Å². The van der Waals surface area contributed by atoms with Gasteiger partial charge in [0.2, 0.25) is 0 Å². The molecule has 0 aromatic heterocycles. The Morgan fingerprint density at radius 3 is 2.18 bits per heavy atom. The van der Waals surface area contributed by atoms with Crippen LogP contribution in [0, 0.1) is 5.92 Å². The summed E-state index contributed by atoms with van der Waals surface area (Å²) in [6, 6.07) is -0.418. The van der Waals surface area contributed by atoms with Gasteiger partial charge in [-0.25, -0.2) is 4.79 Å².